The summed E-state index contributed by atoms with van der Waals surface area (Å²) in [4.78, 5) is 20.1. The fourth-order valence-corrected chi connectivity index (χ4v) is 1.16. The number of hydrogen-bond donors (Lipinski definition) is 4. The van der Waals surface area contributed by atoms with Gasteiger partial charge in [-0.3, -0.25) is 4.79 Å². The van der Waals surface area contributed by atoms with Crippen LogP contribution in [0.15, 0.2) is 0 Å². The molecule has 2 atom stereocenters. The highest BCUT2D eigenvalue weighted by molar-refractivity contribution is 5.73. The van der Waals surface area contributed by atoms with Gasteiger partial charge in [-0.15, -0.1) is 0 Å². The summed E-state index contributed by atoms with van der Waals surface area (Å²) < 4.78 is 0. The van der Waals surface area contributed by atoms with E-state index in [2.05, 4.69) is 0 Å². The number of carboxylic acid groups (broad SMARTS) is 2. The molecule has 0 aromatic heterocycles. The summed E-state index contributed by atoms with van der Waals surface area (Å²) in [5.41, 5.74) is 5.22. The molecule has 0 saturated heterocycles. The van der Waals surface area contributed by atoms with E-state index in [0.29, 0.717) is 18.8 Å². The molecule has 18 heavy (non-hydrogen) atoms. The quantitative estimate of drug-likeness (QED) is 0.565. The van der Waals surface area contributed by atoms with E-state index >= 15 is 0 Å². The largest absolute Gasteiger partial charge is 0.480 e. The molecule has 0 radical (unpaired) electrons. The summed E-state index contributed by atoms with van der Waals surface area (Å²) in [6.45, 7) is 7.63. The van der Waals surface area contributed by atoms with Crippen LogP contribution in [0.4, 0.5) is 0 Å². The summed E-state index contributed by atoms with van der Waals surface area (Å²) in [7, 11) is 0. The Bertz CT molecular complexity index is 227. The molecule has 108 valence electrons. The van der Waals surface area contributed by atoms with Gasteiger partial charge in [0, 0.05) is 0 Å². The van der Waals surface area contributed by atoms with Crippen molar-refractivity contribution in [1.29, 1.82) is 0 Å². The van der Waals surface area contributed by atoms with Crippen LogP contribution in [0.5, 0.6) is 0 Å². The van der Waals surface area contributed by atoms with Crippen molar-refractivity contribution in [1.82, 2.24) is 0 Å². The third-order valence-corrected chi connectivity index (χ3v) is 2.02. The number of rotatable bonds is 6. The second kappa shape index (κ2) is 9.85. The second-order valence-electron chi connectivity index (χ2n) is 5.06. The maximum atomic E-state index is 10.1. The van der Waals surface area contributed by atoms with Gasteiger partial charge >= 0.3 is 11.9 Å². The fraction of sp³-hybridized carbons (Fsp3) is 0.833. The first kappa shape index (κ1) is 19.2. The molecule has 6 heteroatoms. The minimum Gasteiger partial charge on any atom is -0.480 e. The van der Waals surface area contributed by atoms with E-state index in [9.17, 15) is 9.59 Å². The van der Waals surface area contributed by atoms with E-state index in [4.69, 9.17) is 21.1 Å². The number of aliphatic hydroxyl groups excluding tert-OH is 1. The predicted octanol–water partition coefficient (Wildman–Crippen LogP) is 0.922. The molecule has 0 fully saturated rings. The molecule has 0 aromatic rings. The van der Waals surface area contributed by atoms with E-state index in [1.54, 1.807) is 0 Å². The molecule has 0 spiro atoms. The Morgan fingerprint density at radius 3 is 1.44 bits per heavy atom. The van der Waals surface area contributed by atoms with Crippen molar-refractivity contribution < 1.29 is 24.9 Å². The SMILES string of the molecule is CC(C)C[C@@H](N)C(=O)O.CC(C)C[C@@H](O)C(=O)O. The summed E-state index contributed by atoms with van der Waals surface area (Å²) in [5.74, 6) is -1.46. The molecule has 0 rings (SSSR count). The molecular weight excluding hydrogens is 238 g/mol. The molecule has 5 N–H and O–H groups in total. The van der Waals surface area contributed by atoms with Crippen molar-refractivity contribution in [3.05, 3.63) is 0 Å². The van der Waals surface area contributed by atoms with Crippen LogP contribution in [0.1, 0.15) is 40.5 Å². The number of carboxylic acids is 2. The maximum absolute atomic E-state index is 10.1. The van der Waals surface area contributed by atoms with Gasteiger partial charge in [-0.05, 0) is 24.7 Å². The molecule has 0 aliphatic carbocycles. The van der Waals surface area contributed by atoms with Crippen molar-refractivity contribution in [2.45, 2.75) is 52.7 Å². The predicted molar refractivity (Wildman–Crippen MR) is 68.2 cm³/mol. The third kappa shape index (κ3) is 12.9. The van der Waals surface area contributed by atoms with E-state index in [0.717, 1.165) is 0 Å². The number of hydrogen-bond acceptors (Lipinski definition) is 4. The van der Waals surface area contributed by atoms with Crippen LogP contribution in [0, 0.1) is 11.8 Å². The lowest BCUT2D eigenvalue weighted by molar-refractivity contribution is -0.147. The Kier molecular flexibility index (Phi) is 10.5. The average molecular weight is 263 g/mol. The lowest BCUT2D eigenvalue weighted by Gasteiger charge is -2.07. The van der Waals surface area contributed by atoms with Gasteiger partial charge in [0.1, 0.15) is 6.04 Å². The summed E-state index contributed by atoms with van der Waals surface area (Å²) in [6.07, 6.45) is -0.310. The Morgan fingerprint density at radius 2 is 1.33 bits per heavy atom. The Hall–Kier alpha value is -1.14. The van der Waals surface area contributed by atoms with Crippen LogP contribution < -0.4 is 5.73 Å². The summed E-state index contributed by atoms with van der Waals surface area (Å²) in [5, 5.41) is 25.2. The van der Waals surface area contributed by atoms with Gasteiger partial charge < -0.3 is 21.1 Å². The van der Waals surface area contributed by atoms with Gasteiger partial charge in [0.15, 0.2) is 6.10 Å². The van der Waals surface area contributed by atoms with Gasteiger partial charge in [-0.2, -0.15) is 0 Å². The zero-order valence-electron chi connectivity index (χ0n) is 11.5. The first-order valence-corrected chi connectivity index (χ1v) is 5.97. The summed E-state index contributed by atoms with van der Waals surface area (Å²) >= 11 is 0. The number of nitrogens with two attached hydrogens (primary N) is 1. The van der Waals surface area contributed by atoms with Crippen LogP contribution in [-0.4, -0.2) is 39.4 Å². The molecule has 0 aliphatic rings. The standard InChI is InChI=1S/C6H13NO2.C6H12O3/c2*1-4(2)3-5(7)6(8)9/h4-5H,3,7H2,1-2H3,(H,8,9);4-5,7H,3H2,1-2H3,(H,8,9)/t2*5-/m11/s1. The smallest absolute Gasteiger partial charge is 0.332 e. The van der Waals surface area contributed by atoms with E-state index in [-0.39, 0.29) is 5.92 Å². The van der Waals surface area contributed by atoms with Crippen LogP contribution in [0.3, 0.4) is 0 Å². The second-order valence-corrected chi connectivity index (χ2v) is 5.06. The molecule has 0 aliphatic heterocycles. The van der Waals surface area contributed by atoms with Gasteiger partial charge in [0.2, 0.25) is 0 Å². The minimum atomic E-state index is -1.19. The summed E-state index contributed by atoms with van der Waals surface area (Å²) in [6, 6.07) is -0.690. The lowest BCUT2D eigenvalue weighted by atomic mass is 10.1. The van der Waals surface area contributed by atoms with E-state index in [1.165, 1.54) is 0 Å². The first-order chi connectivity index (χ1) is 8.07. The van der Waals surface area contributed by atoms with E-state index in [1.807, 2.05) is 27.7 Å². The van der Waals surface area contributed by atoms with Gasteiger partial charge in [-0.1, -0.05) is 27.7 Å². The minimum absolute atomic E-state index is 0.232. The average Bonchev–Trinajstić information content (AvgIpc) is 2.16. The highest BCUT2D eigenvalue weighted by Gasteiger charge is 2.13. The molecule has 0 aromatic carbocycles. The zero-order valence-corrected chi connectivity index (χ0v) is 11.5. The van der Waals surface area contributed by atoms with Crippen molar-refractivity contribution >= 4 is 11.9 Å². The molecule has 0 bridgehead atoms. The Morgan fingerprint density at radius 1 is 0.944 bits per heavy atom. The van der Waals surface area contributed by atoms with Crippen LogP contribution in [0.2, 0.25) is 0 Å². The molecule has 6 nitrogen and oxygen atoms in total. The fourth-order valence-electron chi connectivity index (χ4n) is 1.16. The Balaban J connectivity index is 0. The maximum Gasteiger partial charge on any atom is 0.332 e. The van der Waals surface area contributed by atoms with Crippen molar-refractivity contribution in [2.75, 3.05) is 0 Å². The number of aliphatic carboxylic acids is 2. The van der Waals surface area contributed by atoms with Crippen molar-refractivity contribution in [3.8, 4) is 0 Å². The lowest BCUT2D eigenvalue weighted by Crippen LogP contribution is -2.31. The first-order valence-electron chi connectivity index (χ1n) is 5.97. The van der Waals surface area contributed by atoms with E-state index < -0.39 is 24.1 Å². The van der Waals surface area contributed by atoms with Crippen LogP contribution >= 0.6 is 0 Å². The van der Waals surface area contributed by atoms with Crippen molar-refractivity contribution in [3.63, 3.8) is 0 Å². The monoisotopic (exact) mass is 263 g/mol. The molecule has 0 amide bonds. The Labute approximate surface area is 108 Å². The van der Waals surface area contributed by atoms with Crippen LogP contribution in [-0.2, 0) is 9.59 Å². The topological polar surface area (TPSA) is 121 Å². The highest BCUT2D eigenvalue weighted by atomic mass is 16.4. The number of carbonyl (C=O) groups is 2. The highest BCUT2D eigenvalue weighted by Crippen LogP contribution is 2.03. The van der Waals surface area contributed by atoms with Gasteiger partial charge in [0.05, 0.1) is 0 Å². The van der Waals surface area contributed by atoms with Gasteiger partial charge in [-0.25, -0.2) is 4.79 Å². The third-order valence-electron chi connectivity index (χ3n) is 2.02. The van der Waals surface area contributed by atoms with Crippen LogP contribution in [0.25, 0.3) is 0 Å². The van der Waals surface area contributed by atoms with Gasteiger partial charge in [0.25, 0.3) is 0 Å². The molecule has 0 saturated carbocycles. The van der Waals surface area contributed by atoms with Crippen molar-refractivity contribution in [2.24, 2.45) is 17.6 Å². The number of aliphatic hydroxyl groups is 1. The molecule has 0 heterocycles. The molecule has 0 unspecified atom stereocenters. The zero-order chi connectivity index (χ0) is 14.9. The normalized spacial score (nSPS) is 13.8. The molecular formula is C12H25NO5.